The number of aromatic nitrogens is 2. The van der Waals surface area contributed by atoms with Crippen LogP contribution in [0.3, 0.4) is 0 Å². The molecular formula is C31H40N4O4. The zero-order valence-electron chi connectivity index (χ0n) is 23.0. The number of carbonyl (C=O) groups is 2. The van der Waals surface area contributed by atoms with Crippen molar-refractivity contribution < 1.29 is 19.1 Å². The zero-order valence-corrected chi connectivity index (χ0v) is 23.0. The molecule has 5 rings (SSSR count). The van der Waals surface area contributed by atoms with E-state index in [9.17, 15) is 9.59 Å². The Bertz CT molecular complexity index is 1270. The number of benzene rings is 2. The van der Waals surface area contributed by atoms with E-state index in [0.717, 1.165) is 48.9 Å². The quantitative estimate of drug-likeness (QED) is 0.469. The van der Waals surface area contributed by atoms with Gasteiger partial charge in [-0.1, -0.05) is 43.7 Å². The number of fused-ring (bicyclic) bond motifs is 2. The molecule has 0 aliphatic carbocycles. The lowest BCUT2D eigenvalue weighted by atomic mass is 9.90. The SMILES string of the molecule is CCCCN1CCOc2ccccc2CCCCC2(CN(C(=O)CCn3cnc4ccccc43)CCO2)C1=O. The van der Waals surface area contributed by atoms with E-state index < -0.39 is 5.60 Å². The van der Waals surface area contributed by atoms with Gasteiger partial charge in [0, 0.05) is 26.1 Å². The van der Waals surface area contributed by atoms with Crippen molar-refractivity contribution in [2.75, 3.05) is 39.4 Å². The molecule has 1 aromatic heterocycles. The summed E-state index contributed by atoms with van der Waals surface area (Å²) in [5.41, 5.74) is 2.13. The second-order valence-electron chi connectivity index (χ2n) is 10.6. The van der Waals surface area contributed by atoms with Crippen LogP contribution in [0, 0.1) is 0 Å². The maximum atomic E-state index is 14.1. The lowest BCUT2D eigenvalue weighted by molar-refractivity contribution is -0.176. The molecule has 3 heterocycles. The predicted molar refractivity (Wildman–Crippen MR) is 151 cm³/mol. The lowest BCUT2D eigenvalue weighted by Gasteiger charge is -2.44. The van der Waals surface area contributed by atoms with Crippen molar-refractivity contribution in [2.45, 2.75) is 64.0 Å². The van der Waals surface area contributed by atoms with E-state index in [1.165, 1.54) is 5.56 Å². The summed E-state index contributed by atoms with van der Waals surface area (Å²) in [6.45, 7) is 5.45. The van der Waals surface area contributed by atoms with Gasteiger partial charge >= 0.3 is 0 Å². The van der Waals surface area contributed by atoms with Gasteiger partial charge in [0.2, 0.25) is 5.91 Å². The van der Waals surface area contributed by atoms with E-state index in [1.54, 1.807) is 6.33 Å². The van der Waals surface area contributed by atoms with Crippen LogP contribution in [0.25, 0.3) is 11.0 Å². The second kappa shape index (κ2) is 12.6. The number of hydrogen-bond acceptors (Lipinski definition) is 5. The van der Waals surface area contributed by atoms with Gasteiger partial charge in [0.15, 0.2) is 5.60 Å². The standard InChI is InChI=1S/C31H40N4O4/c1-2-3-17-33-19-21-38-28-14-7-4-10-25(28)11-8-9-16-31(30(33)37)23-34(20-22-39-31)29(36)15-18-35-24-32-26-12-5-6-13-27(26)35/h4-7,10,12-14,24H,2-3,8-9,11,15-23H2,1H3. The normalized spacial score (nSPS) is 20.8. The third kappa shape index (κ3) is 6.27. The molecule has 1 saturated heterocycles. The first-order valence-corrected chi connectivity index (χ1v) is 14.4. The molecule has 3 aromatic rings. The van der Waals surface area contributed by atoms with Crippen molar-refractivity contribution >= 4 is 22.8 Å². The van der Waals surface area contributed by atoms with E-state index >= 15 is 0 Å². The van der Waals surface area contributed by atoms with Crippen molar-refractivity contribution in [1.29, 1.82) is 0 Å². The van der Waals surface area contributed by atoms with Crippen molar-refractivity contribution in [2.24, 2.45) is 0 Å². The number of unbranched alkanes of at least 4 members (excludes halogenated alkanes) is 1. The molecule has 0 N–H and O–H groups in total. The molecule has 0 bridgehead atoms. The molecule has 2 amide bonds. The van der Waals surface area contributed by atoms with Gasteiger partial charge in [0.05, 0.1) is 37.1 Å². The highest BCUT2D eigenvalue weighted by atomic mass is 16.5. The fraction of sp³-hybridized carbons (Fsp3) is 0.516. The van der Waals surface area contributed by atoms with Gasteiger partial charge in [-0.15, -0.1) is 0 Å². The fourth-order valence-electron chi connectivity index (χ4n) is 5.74. The summed E-state index contributed by atoms with van der Waals surface area (Å²) in [5, 5.41) is 0. The van der Waals surface area contributed by atoms with Crippen LogP contribution >= 0.6 is 0 Å². The highest BCUT2D eigenvalue weighted by Gasteiger charge is 2.46. The van der Waals surface area contributed by atoms with Gasteiger partial charge in [-0.05, 0) is 55.9 Å². The number of para-hydroxylation sites is 3. The summed E-state index contributed by atoms with van der Waals surface area (Å²) < 4.78 is 14.5. The van der Waals surface area contributed by atoms with Crippen LogP contribution in [0.5, 0.6) is 5.75 Å². The zero-order chi connectivity index (χ0) is 27.1. The van der Waals surface area contributed by atoms with Crippen molar-refractivity contribution in [3.05, 3.63) is 60.4 Å². The van der Waals surface area contributed by atoms with E-state index in [4.69, 9.17) is 9.47 Å². The van der Waals surface area contributed by atoms with Crippen LogP contribution in [0.2, 0.25) is 0 Å². The van der Waals surface area contributed by atoms with Gasteiger partial charge in [-0.25, -0.2) is 4.98 Å². The highest BCUT2D eigenvalue weighted by molar-refractivity contribution is 5.87. The van der Waals surface area contributed by atoms with Crippen LogP contribution in [0.4, 0.5) is 0 Å². The molecule has 39 heavy (non-hydrogen) atoms. The molecule has 1 spiro atoms. The minimum atomic E-state index is -1.01. The molecule has 0 saturated carbocycles. The summed E-state index contributed by atoms with van der Waals surface area (Å²) in [6.07, 6.45) is 7.32. The smallest absolute Gasteiger partial charge is 0.256 e. The maximum Gasteiger partial charge on any atom is 0.256 e. The summed E-state index contributed by atoms with van der Waals surface area (Å²) >= 11 is 0. The van der Waals surface area contributed by atoms with Crippen LogP contribution in [0.1, 0.15) is 51.0 Å². The number of aryl methyl sites for hydroxylation is 2. The Balaban J connectivity index is 1.31. The van der Waals surface area contributed by atoms with Gasteiger partial charge < -0.3 is 23.8 Å². The highest BCUT2D eigenvalue weighted by Crippen LogP contribution is 2.30. The first kappa shape index (κ1) is 27.2. The summed E-state index contributed by atoms with van der Waals surface area (Å²) in [7, 11) is 0. The van der Waals surface area contributed by atoms with Gasteiger partial charge in [-0.3, -0.25) is 9.59 Å². The Kier molecular flexibility index (Phi) is 8.81. The summed E-state index contributed by atoms with van der Waals surface area (Å²) in [6, 6.07) is 16.1. The first-order valence-electron chi connectivity index (χ1n) is 14.4. The average Bonchev–Trinajstić information content (AvgIpc) is 3.39. The second-order valence-corrected chi connectivity index (χ2v) is 10.6. The largest absolute Gasteiger partial charge is 0.491 e. The topological polar surface area (TPSA) is 76.9 Å². The number of carbonyl (C=O) groups excluding carboxylic acids is 2. The Hall–Kier alpha value is -3.39. The Labute approximate surface area is 230 Å². The molecule has 1 atom stereocenters. The van der Waals surface area contributed by atoms with E-state index in [2.05, 4.69) is 18.0 Å². The Morgan fingerprint density at radius 1 is 1.03 bits per heavy atom. The molecule has 8 nitrogen and oxygen atoms in total. The third-order valence-corrected chi connectivity index (χ3v) is 7.96. The van der Waals surface area contributed by atoms with Crippen molar-refractivity contribution in [3.63, 3.8) is 0 Å². The first-order chi connectivity index (χ1) is 19.1. The molecule has 1 fully saturated rings. The number of ether oxygens (including phenoxy) is 2. The number of nitrogens with zero attached hydrogens (tertiary/aromatic N) is 4. The molecule has 2 aliphatic heterocycles. The predicted octanol–water partition coefficient (Wildman–Crippen LogP) is 4.46. The molecular weight excluding hydrogens is 492 g/mol. The number of morpholine rings is 1. The monoisotopic (exact) mass is 532 g/mol. The molecule has 1 unspecified atom stereocenters. The minimum Gasteiger partial charge on any atom is -0.491 e. The number of hydrogen-bond donors (Lipinski definition) is 0. The van der Waals surface area contributed by atoms with Crippen LogP contribution < -0.4 is 4.74 Å². The van der Waals surface area contributed by atoms with Gasteiger partial charge in [-0.2, -0.15) is 0 Å². The minimum absolute atomic E-state index is 0.00786. The van der Waals surface area contributed by atoms with Gasteiger partial charge in [0.25, 0.3) is 5.91 Å². The van der Waals surface area contributed by atoms with Crippen LogP contribution in [0.15, 0.2) is 54.9 Å². The molecule has 8 heteroatoms. The van der Waals surface area contributed by atoms with Crippen molar-refractivity contribution in [3.8, 4) is 5.75 Å². The molecule has 0 radical (unpaired) electrons. The van der Waals surface area contributed by atoms with E-state index in [0.29, 0.717) is 58.8 Å². The molecule has 2 aromatic carbocycles. The summed E-state index contributed by atoms with van der Waals surface area (Å²) in [5.74, 6) is 0.949. The lowest BCUT2D eigenvalue weighted by Crippen LogP contribution is -2.62. The number of imidazole rings is 1. The molecule has 208 valence electrons. The fourth-order valence-corrected chi connectivity index (χ4v) is 5.74. The third-order valence-electron chi connectivity index (χ3n) is 7.96. The average molecular weight is 533 g/mol. The maximum absolute atomic E-state index is 14.1. The van der Waals surface area contributed by atoms with E-state index in [1.807, 2.05) is 56.8 Å². The van der Waals surface area contributed by atoms with Crippen molar-refractivity contribution in [1.82, 2.24) is 19.4 Å². The van der Waals surface area contributed by atoms with Gasteiger partial charge in [0.1, 0.15) is 12.4 Å². The Morgan fingerprint density at radius 2 is 1.87 bits per heavy atom. The number of rotatable bonds is 6. The number of amides is 2. The Morgan fingerprint density at radius 3 is 2.77 bits per heavy atom. The molecule has 2 aliphatic rings. The van der Waals surface area contributed by atoms with E-state index in [-0.39, 0.29) is 11.8 Å². The summed E-state index contributed by atoms with van der Waals surface area (Å²) in [4.78, 5) is 35.8. The van der Waals surface area contributed by atoms with Crippen LogP contribution in [-0.2, 0) is 27.3 Å². The van der Waals surface area contributed by atoms with Crippen LogP contribution in [-0.4, -0.2) is 76.2 Å².